The predicted octanol–water partition coefficient (Wildman–Crippen LogP) is 0.509. The Morgan fingerprint density at radius 2 is 1.82 bits per heavy atom. The van der Waals surface area contributed by atoms with Crippen LogP contribution in [0.15, 0.2) is 24.3 Å². The lowest BCUT2D eigenvalue weighted by molar-refractivity contribution is 0.0572. The summed E-state index contributed by atoms with van der Waals surface area (Å²) in [7, 11) is 1.93. The molecule has 3 atom stereocenters. The molecule has 1 aliphatic heterocycles. The maximum atomic E-state index is 9.61. The van der Waals surface area contributed by atoms with Crippen LogP contribution in [0.3, 0.4) is 0 Å². The minimum Gasteiger partial charge on any atom is -0.389 e. The number of nitrogens with zero attached hydrogens (tertiary/aromatic N) is 1. The fourth-order valence-electron chi connectivity index (χ4n) is 2.26. The number of rotatable bonds is 3. The third kappa shape index (κ3) is 2.44. The zero-order valence-corrected chi connectivity index (χ0v) is 10.3. The fraction of sp³-hybridized carbons (Fsp3) is 0.538. The van der Waals surface area contributed by atoms with Crippen molar-refractivity contribution in [2.75, 3.05) is 25.0 Å². The Kier molecular flexibility index (Phi) is 3.66. The molecule has 3 N–H and O–H groups in total. The summed E-state index contributed by atoms with van der Waals surface area (Å²) in [6.07, 6.45) is -1.29. The van der Waals surface area contributed by atoms with Crippen LogP contribution in [0.25, 0.3) is 0 Å². The standard InChI is InChI=1S/C13H20N2O2/c1-9(14-2)10-5-3-4-6-11(10)15-7-12(16)13(17)8-15/h3-6,9,12-14,16-17H,7-8H2,1-2H3. The topological polar surface area (TPSA) is 55.7 Å². The molecule has 17 heavy (non-hydrogen) atoms. The van der Waals surface area contributed by atoms with Gasteiger partial charge in [0.15, 0.2) is 0 Å². The van der Waals surface area contributed by atoms with Gasteiger partial charge in [0.2, 0.25) is 0 Å². The Bertz CT molecular complexity index is 373. The molecule has 4 heteroatoms. The summed E-state index contributed by atoms with van der Waals surface area (Å²) < 4.78 is 0. The summed E-state index contributed by atoms with van der Waals surface area (Å²) in [5.74, 6) is 0. The van der Waals surface area contributed by atoms with Gasteiger partial charge in [0, 0.05) is 24.8 Å². The zero-order valence-electron chi connectivity index (χ0n) is 10.3. The first-order valence-corrected chi connectivity index (χ1v) is 6.00. The molecule has 0 aliphatic carbocycles. The second kappa shape index (κ2) is 5.04. The molecule has 0 bridgehead atoms. The number of aliphatic hydroxyl groups is 2. The molecule has 0 amide bonds. The zero-order chi connectivity index (χ0) is 12.4. The van der Waals surface area contributed by atoms with E-state index in [2.05, 4.69) is 18.3 Å². The van der Waals surface area contributed by atoms with Crippen LogP contribution in [-0.4, -0.2) is 42.6 Å². The highest BCUT2D eigenvalue weighted by molar-refractivity contribution is 5.56. The van der Waals surface area contributed by atoms with Crippen LogP contribution >= 0.6 is 0 Å². The second-order valence-corrected chi connectivity index (χ2v) is 4.61. The largest absolute Gasteiger partial charge is 0.389 e. The normalized spacial score (nSPS) is 26.2. The average Bonchev–Trinajstić information content (AvgIpc) is 2.68. The minimum absolute atomic E-state index is 0.251. The lowest BCUT2D eigenvalue weighted by Crippen LogP contribution is -2.24. The van der Waals surface area contributed by atoms with E-state index < -0.39 is 12.2 Å². The summed E-state index contributed by atoms with van der Waals surface area (Å²) >= 11 is 0. The molecule has 4 nitrogen and oxygen atoms in total. The van der Waals surface area contributed by atoms with Gasteiger partial charge in [-0.15, -0.1) is 0 Å². The molecule has 1 aromatic rings. The Morgan fingerprint density at radius 3 is 2.41 bits per heavy atom. The molecule has 94 valence electrons. The molecule has 2 rings (SSSR count). The average molecular weight is 236 g/mol. The van der Waals surface area contributed by atoms with E-state index in [1.54, 1.807) is 0 Å². The molecule has 0 aromatic heterocycles. The molecule has 1 aromatic carbocycles. The van der Waals surface area contributed by atoms with E-state index in [1.165, 1.54) is 5.56 Å². The SMILES string of the molecule is CNC(C)c1ccccc1N1CC(O)C(O)C1. The van der Waals surface area contributed by atoms with Crippen LogP contribution in [0.1, 0.15) is 18.5 Å². The van der Waals surface area contributed by atoms with Crippen molar-refractivity contribution in [3.8, 4) is 0 Å². The van der Waals surface area contributed by atoms with Crippen molar-refractivity contribution < 1.29 is 10.2 Å². The number of hydrogen-bond acceptors (Lipinski definition) is 4. The van der Waals surface area contributed by atoms with E-state index in [0.29, 0.717) is 13.1 Å². The first kappa shape index (κ1) is 12.4. The fourth-order valence-corrected chi connectivity index (χ4v) is 2.26. The highest BCUT2D eigenvalue weighted by Gasteiger charge is 2.30. The molecule has 0 spiro atoms. The Hall–Kier alpha value is -1.10. The van der Waals surface area contributed by atoms with E-state index in [9.17, 15) is 10.2 Å². The van der Waals surface area contributed by atoms with Gasteiger partial charge in [0.05, 0.1) is 12.2 Å². The van der Waals surface area contributed by atoms with Crippen LogP contribution in [0.2, 0.25) is 0 Å². The van der Waals surface area contributed by atoms with Gasteiger partial charge in [-0.3, -0.25) is 0 Å². The summed E-state index contributed by atoms with van der Waals surface area (Å²) in [6.45, 7) is 3.09. The first-order valence-electron chi connectivity index (χ1n) is 6.00. The van der Waals surface area contributed by atoms with Crippen molar-refractivity contribution in [3.05, 3.63) is 29.8 Å². The molecular formula is C13H20N2O2. The summed E-state index contributed by atoms with van der Waals surface area (Å²) in [5.41, 5.74) is 2.28. The van der Waals surface area contributed by atoms with Gasteiger partial charge in [-0.25, -0.2) is 0 Å². The minimum atomic E-state index is -0.645. The van der Waals surface area contributed by atoms with Crippen LogP contribution in [0.4, 0.5) is 5.69 Å². The van der Waals surface area contributed by atoms with Crippen molar-refractivity contribution in [3.63, 3.8) is 0 Å². The van der Waals surface area contributed by atoms with E-state index in [0.717, 1.165) is 5.69 Å². The van der Waals surface area contributed by atoms with E-state index in [1.807, 2.05) is 30.1 Å². The van der Waals surface area contributed by atoms with Crippen molar-refractivity contribution in [2.24, 2.45) is 0 Å². The molecule has 1 heterocycles. The highest BCUT2D eigenvalue weighted by atomic mass is 16.3. The van der Waals surface area contributed by atoms with Gasteiger partial charge < -0.3 is 20.4 Å². The molecule has 1 aliphatic rings. The third-order valence-corrected chi connectivity index (χ3v) is 3.44. The smallest absolute Gasteiger partial charge is 0.0990 e. The van der Waals surface area contributed by atoms with E-state index >= 15 is 0 Å². The summed E-state index contributed by atoms with van der Waals surface area (Å²) in [4.78, 5) is 2.04. The maximum Gasteiger partial charge on any atom is 0.0990 e. The van der Waals surface area contributed by atoms with Crippen molar-refractivity contribution in [1.29, 1.82) is 0 Å². The van der Waals surface area contributed by atoms with Crippen molar-refractivity contribution in [1.82, 2.24) is 5.32 Å². The monoisotopic (exact) mass is 236 g/mol. The Labute approximate surface area is 102 Å². The molecule has 1 fully saturated rings. The highest BCUT2D eigenvalue weighted by Crippen LogP contribution is 2.28. The van der Waals surface area contributed by atoms with E-state index in [4.69, 9.17) is 0 Å². The quantitative estimate of drug-likeness (QED) is 0.716. The van der Waals surface area contributed by atoms with Crippen molar-refractivity contribution in [2.45, 2.75) is 25.2 Å². The van der Waals surface area contributed by atoms with Gasteiger partial charge in [0.1, 0.15) is 0 Å². The predicted molar refractivity (Wildman–Crippen MR) is 68.1 cm³/mol. The number of aliphatic hydroxyl groups excluding tert-OH is 2. The van der Waals surface area contributed by atoms with Gasteiger partial charge in [-0.2, -0.15) is 0 Å². The third-order valence-electron chi connectivity index (χ3n) is 3.44. The van der Waals surface area contributed by atoms with Gasteiger partial charge in [-0.1, -0.05) is 18.2 Å². The lowest BCUT2D eigenvalue weighted by atomic mass is 10.1. The number of hydrogen-bond donors (Lipinski definition) is 3. The number of β-amino-alcohol motifs (C(OH)–C–C–N with tert-alkyl or cyclic N) is 2. The lowest BCUT2D eigenvalue weighted by Gasteiger charge is -2.24. The molecule has 1 saturated heterocycles. The molecular weight excluding hydrogens is 216 g/mol. The molecule has 0 saturated carbocycles. The summed E-state index contributed by atoms with van der Waals surface area (Å²) in [6, 6.07) is 8.36. The number of benzene rings is 1. The number of anilines is 1. The number of para-hydroxylation sites is 1. The van der Waals surface area contributed by atoms with Gasteiger partial charge in [0.25, 0.3) is 0 Å². The van der Waals surface area contributed by atoms with Crippen LogP contribution in [0, 0.1) is 0 Å². The Morgan fingerprint density at radius 1 is 1.24 bits per heavy atom. The van der Waals surface area contributed by atoms with Crippen molar-refractivity contribution >= 4 is 5.69 Å². The maximum absolute atomic E-state index is 9.61. The van der Waals surface area contributed by atoms with Gasteiger partial charge in [-0.05, 0) is 25.6 Å². The summed E-state index contributed by atoms with van der Waals surface area (Å²) in [5, 5.41) is 22.4. The Balaban J connectivity index is 2.26. The second-order valence-electron chi connectivity index (χ2n) is 4.61. The van der Waals surface area contributed by atoms with Gasteiger partial charge >= 0.3 is 0 Å². The molecule has 0 radical (unpaired) electrons. The van der Waals surface area contributed by atoms with Crippen LogP contribution in [-0.2, 0) is 0 Å². The van der Waals surface area contributed by atoms with Crippen LogP contribution < -0.4 is 10.2 Å². The molecule has 3 unspecified atom stereocenters. The van der Waals surface area contributed by atoms with Crippen LogP contribution in [0.5, 0.6) is 0 Å². The number of nitrogens with one attached hydrogen (secondary N) is 1. The first-order chi connectivity index (χ1) is 8.13. The van der Waals surface area contributed by atoms with E-state index in [-0.39, 0.29) is 6.04 Å².